The van der Waals surface area contributed by atoms with Crippen molar-refractivity contribution in [2.75, 3.05) is 18.0 Å². The van der Waals surface area contributed by atoms with E-state index in [-0.39, 0.29) is 6.10 Å². The number of alkyl halides is 3. The molecular weight excluding hydrogens is 471 g/mol. The Labute approximate surface area is 177 Å². The number of anilines is 1. The Morgan fingerprint density at radius 1 is 1.17 bits per heavy atom. The smallest absolute Gasteiger partial charge is 0.419 e. The number of hydrogen-bond donors (Lipinski definition) is 0. The van der Waals surface area contributed by atoms with Gasteiger partial charge in [-0.1, -0.05) is 11.3 Å². The third-order valence-corrected chi connectivity index (χ3v) is 6.24. The number of piperidine rings is 1. The number of aromatic nitrogens is 4. The lowest BCUT2D eigenvalue weighted by Crippen LogP contribution is -2.39. The van der Waals surface area contributed by atoms with Gasteiger partial charge in [0.05, 0.1) is 5.56 Å². The molecule has 0 aliphatic carbocycles. The monoisotopic (exact) mass is 487 g/mol. The van der Waals surface area contributed by atoms with Gasteiger partial charge in [0.25, 0.3) is 5.19 Å². The summed E-state index contributed by atoms with van der Waals surface area (Å²) in [7, 11) is 0. The summed E-state index contributed by atoms with van der Waals surface area (Å²) >= 11 is 4.76. The number of ether oxygens (including phenoxy) is 1. The van der Waals surface area contributed by atoms with Crippen LogP contribution < -0.4 is 9.64 Å². The van der Waals surface area contributed by atoms with Crippen molar-refractivity contribution in [2.45, 2.75) is 32.0 Å². The maximum absolute atomic E-state index is 12.7. The minimum Gasteiger partial charge on any atom is -0.467 e. The van der Waals surface area contributed by atoms with Crippen LogP contribution in [0.3, 0.4) is 0 Å². The van der Waals surface area contributed by atoms with Crippen LogP contribution in [0.4, 0.5) is 19.1 Å². The summed E-state index contributed by atoms with van der Waals surface area (Å²) in [6.07, 6.45) is -1.13. The molecule has 0 saturated carbocycles. The van der Waals surface area contributed by atoms with Crippen molar-refractivity contribution in [3.8, 4) is 5.19 Å². The van der Waals surface area contributed by atoms with Gasteiger partial charge in [-0.2, -0.15) is 13.2 Å². The predicted molar refractivity (Wildman–Crippen MR) is 107 cm³/mol. The fourth-order valence-corrected chi connectivity index (χ4v) is 4.58. The quantitative estimate of drug-likeness (QED) is 0.485. The van der Waals surface area contributed by atoms with Crippen molar-refractivity contribution < 1.29 is 17.9 Å². The van der Waals surface area contributed by atoms with Crippen molar-refractivity contribution in [3.63, 3.8) is 0 Å². The molecule has 29 heavy (non-hydrogen) atoms. The molecule has 1 unspecified atom stereocenters. The van der Waals surface area contributed by atoms with E-state index in [1.54, 1.807) is 0 Å². The number of nitrogens with zero attached hydrogens (tertiary/aromatic N) is 5. The van der Waals surface area contributed by atoms with E-state index in [4.69, 9.17) is 4.74 Å². The average molecular weight is 488 g/mol. The summed E-state index contributed by atoms with van der Waals surface area (Å²) in [6, 6.07) is 3.73. The highest BCUT2D eigenvalue weighted by Gasteiger charge is 2.32. The molecule has 1 aliphatic rings. The van der Waals surface area contributed by atoms with E-state index in [9.17, 15) is 13.2 Å². The second-order valence-corrected chi connectivity index (χ2v) is 8.61. The highest BCUT2D eigenvalue weighted by atomic mass is 79.9. The maximum atomic E-state index is 12.7. The Morgan fingerprint density at radius 2 is 1.86 bits per heavy atom. The van der Waals surface area contributed by atoms with Crippen molar-refractivity contribution in [1.29, 1.82) is 0 Å². The zero-order valence-electron chi connectivity index (χ0n) is 15.4. The largest absolute Gasteiger partial charge is 0.467 e. The topological polar surface area (TPSA) is 64.0 Å². The van der Waals surface area contributed by atoms with Gasteiger partial charge in [-0.3, -0.25) is 0 Å². The molecule has 154 valence electrons. The van der Waals surface area contributed by atoms with E-state index < -0.39 is 11.7 Å². The molecule has 3 aromatic heterocycles. The van der Waals surface area contributed by atoms with E-state index in [1.807, 2.05) is 24.0 Å². The van der Waals surface area contributed by atoms with E-state index in [0.717, 1.165) is 40.2 Å². The second-order valence-electron chi connectivity index (χ2n) is 6.85. The summed E-state index contributed by atoms with van der Waals surface area (Å²) in [5.74, 6) is 0.639. The van der Waals surface area contributed by atoms with Crippen LogP contribution in [-0.4, -0.2) is 39.1 Å². The molecule has 0 spiro atoms. The van der Waals surface area contributed by atoms with E-state index >= 15 is 0 Å². The molecule has 4 rings (SSSR count). The maximum Gasteiger partial charge on any atom is 0.419 e. The van der Waals surface area contributed by atoms with Crippen LogP contribution in [0, 0.1) is 5.92 Å². The SMILES string of the molecule is CC(Oc1nc2ccc(Br)nc2s1)C1CCN(c2ncc(C(F)(F)F)cn2)CC1. The Kier molecular flexibility index (Phi) is 5.60. The van der Waals surface area contributed by atoms with Gasteiger partial charge >= 0.3 is 6.18 Å². The standard InChI is InChI=1S/C18H17BrF3N5OS/c1-10(28-17-25-13-2-3-14(19)26-15(13)29-17)11-4-6-27(7-5-11)16-23-8-12(9-24-16)18(20,21)22/h2-3,8-11H,4-7H2,1H3. The molecule has 0 aromatic carbocycles. The molecule has 1 atom stereocenters. The summed E-state index contributed by atoms with van der Waals surface area (Å²) in [5.41, 5.74) is -0.0369. The normalized spacial score (nSPS) is 16.9. The third-order valence-electron chi connectivity index (χ3n) is 4.94. The molecule has 1 saturated heterocycles. The Hall–Kier alpha value is -2.01. The molecule has 0 amide bonds. The van der Waals surface area contributed by atoms with Gasteiger partial charge in [0.1, 0.15) is 21.1 Å². The fourth-order valence-electron chi connectivity index (χ4n) is 3.28. The lowest BCUT2D eigenvalue weighted by Gasteiger charge is -2.34. The zero-order valence-corrected chi connectivity index (χ0v) is 17.8. The van der Waals surface area contributed by atoms with Gasteiger partial charge in [0, 0.05) is 25.5 Å². The first-order chi connectivity index (χ1) is 13.8. The Bertz CT molecular complexity index is 989. The molecule has 6 nitrogen and oxygen atoms in total. The van der Waals surface area contributed by atoms with Crippen LogP contribution in [0.2, 0.25) is 0 Å². The second kappa shape index (κ2) is 8.02. The van der Waals surface area contributed by atoms with Crippen molar-refractivity contribution in [1.82, 2.24) is 19.9 Å². The van der Waals surface area contributed by atoms with Crippen LogP contribution in [0.25, 0.3) is 10.3 Å². The van der Waals surface area contributed by atoms with Crippen LogP contribution in [0.5, 0.6) is 5.19 Å². The highest BCUT2D eigenvalue weighted by Crippen LogP contribution is 2.32. The third kappa shape index (κ3) is 4.61. The average Bonchev–Trinajstić information content (AvgIpc) is 3.09. The fraction of sp³-hybridized carbons (Fsp3) is 0.444. The Balaban J connectivity index is 1.34. The molecule has 0 N–H and O–H groups in total. The first-order valence-corrected chi connectivity index (χ1v) is 10.6. The lowest BCUT2D eigenvalue weighted by atomic mass is 9.92. The molecule has 1 aliphatic heterocycles. The number of hydrogen-bond acceptors (Lipinski definition) is 7. The number of thiazole rings is 1. The van der Waals surface area contributed by atoms with Gasteiger partial charge < -0.3 is 9.64 Å². The van der Waals surface area contributed by atoms with Gasteiger partial charge in [-0.25, -0.2) is 19.9 Å². The van der Waals surface area contributed by atoms with Crippen LogP contribution >= 0.6 is 27.3 Å². The minimum atomic E-state index is -4.43. The van der Waals surface area contributed by atoms with Gasteiger partial charge in [-0.15, -0.1) is 0 Å². The Morgan fingerprint density at radius 3 is 2.52 bits per heavy atom. The number of halogens is 4. The zero-order chi connectivity index (χ0) is 20.6. The minimum absolute atomic E-state index is 0.0327. The molecule has 4 heterocycles. The summed E-state index contributed by atoms with van der Waals surface area (Å²) in [6.45, 7) is 3.35. The van der Waals surface area contributed by atoms with Crippen molar-refractivity contribution in [2.24, 2.45) is 5.92 Å². The molecule has 11 heteroatoms. The number of rotatable bonds is 4. The summed E-state index contributed by atoms with van der Waals surface area (Å²) < 4.78 is 44.8. The van der Waals surface area contributed by atoms with Crippen LogP contribution in [-0.2, 0) is 6.18 Å². The molecule has 1 fully saturated rings. The first-order valence-electron chi connectivity index (χ1n) is 9.03. The number of fused-ring (bicyclic) bond motifs is 1. The number of pyridine rings is 1. The van der Waals surface area contributed by atoms with Gasteiger partial charge in [0.15, 0.2) is 0 Å². The van der Waals surface area contributed by atoms with Gasteiger partial charge in [0.2, 0.25) is 5.95 Å². The molecule has 0 radical (unpaired) electrons. The van der Waals surface area contributed by atoms with E-state index in [1.165, 1.54) is 11.3 Å². The lowest BCUT2D eigenvalue weighted by molar-refractivity contribution is -0.138. The highest BCUT2D eigenvalue weighted by molar-refractivity contribution is 9.10. The first kappa shape index (κ1) is 20.3. The summed E-state index contributed by atoms with van der Waals surface area (Å²) in [5, 5.41) is 0.589. The van der Waals surface area contributed by atoms with Crippen molar-refractivity contribution >= 4 is 43.6 Å². The van der Waals surface area contributed by atoms with Crippen molar-refractivity contribution in [3.05, 3.63) is 34.7 Å². The van der Waals surface area contributed by atoms with Crippen LogP contribution in [0.1, 0.15) is 25.3 Å². The molecular formula is C18H17BrF3N5OS. The van der Waals surface area contributed by atoms with E-state index in [2.05, 4.69) is 35.9 Å². The molecule has 0 bridgehead atoms. The van der Waals surface area contributed by atoms with Crippen LogP contribution in [0.15, 0.2) is 29.1 Å². The van der Waals surface area contributed by atoms with Gasteiger partial charge in [-0.05, 0) is 53.7 Å². The summed E-state index contributed by atoms with van der Waals surface area (Å²) in [4.78, 5) is 19.3. The molecule has 3 aromatic rings. The predicted octanol–water partition coefficient (Wildman–Crippen LogP) is 4.95. The van der Waals surface area contributed by atoms with E-state index in [0.29, 0.717) is 30.1 Å².